The highest BCUT2D eigenvalue weighted by Gasteiger charge is 2.23. The molecule has 2 aromatic rings. The first kappa shape index (κ1) is 24.5. The number of hydrogen-bond acceptors (Lipinski definition) is 4. The summed E-state index contributed by atoms with van der Waals surface area (Å²) >= 11 is 0. The van der Waals surface area contributed by atoms with Crippen LogP contribution in [0.4, 0.5) is 5.69 Å². The number of para-hydroxylation sites is 1. The van der Waals surface area contributed by atoms with E-state index in [9.17, 15) is 8.42 Å². The average molecular weight is 542 g/mol. The Labute approximate surface area is 197 Å². The predicted molar refractivity (Wildman–Crippen MR) is 135 cm³/mol. The van der Waals surface area contributed by atoms with Gasteiger partial charge in [-0.2, -0.15) is 0 Å². The molecular formula is C22H31IN4O2S. The van der Waals surface area contributed by atoms with Crippen LogP contribution >= 0.6 is 24.0 Å². The van der Waals surface area contributed by atoms with Crippen molar-refractivity contribution in [3.8, 4) is 0 Å². The summed E-state index contributed by atoms with van der Waals surface area (Å²) in [4.78, 5) is 7.33. The van der Waals surface area contributed by atoms with E-state index in [0.29, 0.717) is 23.9 Å². The second kappa shape index (κ2) is 12.1. The standard InChI is InChI=1S/C22H30N4O2S.HI/c1-2-23-22(24-15-9-17-29(27,28)21-12-7-4-8-13-21)25-19-14-16-26(18-19)20-10-5-3-6-11-20;/h3-8,10-13,19H,2,9,14-18H2,1H3,(H2,23,24,25);1H. The van der Waals surface area contributed by atoms with Crippen molar-refractivity contribution in [2.75, 3.05) is 36.8 Å². The molecule has 0 aromatic heterocycles. The Hall–Kier alpha value is -1.81. The number of nitrogens with one attached hydrogen (secondary N) is 2. The van der Waals surface area contributed by atoms with E-state index in [-0.39, 0.29) is 29.7 Å². The number of sulfone groups is 1. The van der Waals surface area contributed by atoms with E-state index in [1.54, 1.807) is 24.3 Å². The zero-order valence-electron chi connectivity index (χ0n) is 17.3. The second-order valence-electron chi connectivity index (χ2n) is 7.16. The third-order valence-corrected chi connectivity index (χ3v) is 6.75. The van der Waals surface area contributed by atoms with E-state index in [4.69, 9.17) is 0 Å². The quantitative estimate of drug-likeness (QED) is 0.232. The van der Waals surface area contributed by atoms with Gasteiger partial charge in [-0.15, -0.1) is 24.0 Å². The molecule has 1 unspecified atom stereocenters. The van der Waals surface area contributed by atoms with Crippen LogP contribution in [0, 0.1) is 0 Å². The predicted octanol–water partition coefficient (Wildman–Crippen LogP) is 3.30. The van der Waals surface area contributed by atoms with Gasteiger partial charge in [0.1, 0.15) is 0 Å². The van der Waals surface area contributed by atoms with Gasteiger partial charge in [0.25, 0.3) is 0 Å². The van der Waals surface area contributed by atoms with Crippen LogP contribution < -0.4 is 15.5 Å². The Morgan fingerprint density at radius 2 is 1.77 bits per heavy atom. The molecule has 1 fully saturated rings. The topological polar surface area (TPSA) is 73.8 Å². The Bertz CT molecular complexity index is 892. The Morgan fingerprint density at radius 3 is 2.43 bits per heavy atom. The van der Waals surface area contributed by atoms with Gasteiger partial charge in [-0.1, -0.05) is 36.4 Å². The number of halogens is 1. The first-order valence-corrected chi connectivity index (χ1v) is 11.9. The van der Waals surface area contributed by atoms with E-state index in [2.05, 4.69) is 44.8 Å². The number of anilines is 1. The van der Waals surface area contributed by atoms with Crippen molar-refractivity contribution in [3.05, 3.63) is 60.7 Å². The van der Waals surface area contributed by atoms with Crippen LogP contribution in [0.25, 0.3) is 0 Å². The van der Waals surface area contributed by atoms with E-state index in [0.717, 1.165) is 32.0 Å². The molecule has 1 atom stereocenters. The summed E-state index contributed by atoms with van der Waals surface area (Å²) in [5.41, 5.74) is 1.24. The number of aliphatic imine (C=N–C) groups is 1. The molecule has 0 amide bonds. The van der Waals surface area contributed by atoms with Gasteiger partial charge in [0.2, 0.25) is 0 Å². The first-order valence-electron chi connectivity index (χ1n) is 10.2. The molecule has 0 radical (unpaired) electrons. The number of guanidine groups is 1. The number of rotatable bonds is 8. The van der Waals surface area contributed by atoms with Gasteiger partial charge in [-0.25, -0.2) is 8.42 Å². The van der Waals surface area contributed by atoms with E-state index >= 15 is 0 Å². The molecule has 0 aliphatic carbocycles. The lowest BCUT2D eigenvalue weighted by Gasteiger charge is -2.20. The summed E-state index contributed by atoms with van der Waals surface area (Å²) in [6.45, 7) is 5.20. The van der Waals surface area contributed by atoms with Gasteiger partial charge in [0.15, 0.2) is 15.8 Å². The van der Waals surface area contributed by atoms with Gasteiger partial charge >= 0.3 is 0 Å². The molecule has 3 rings (SSSR count). The minimum Gasteiger partial charge on any atom is -0.369 e. The highest BCUT2D eigenvalue weighted by molar-refractivity contribution is 14.0. The van der Waals surface area contributed by atoms with Crippen LogP contribution in [0.2, 0.25) is 0 Å². The van der Waals surface area contributed by atoms with Crippen molar-refractivity contribution >= 4 is 45.5 Å². The van der Waals surface area contributed by atoms with Gasteiger partial charge < -0.3 is 15.5 Å². The summed E-state index contributed by atoms with van der Waals surface area (Å²) in [5, 5.41) is 6.76. The molecule has 2 N–H and O–H groups in total. The molecule has 30 heavy (non-hydrogen) atoms. The molecule has 1 aliphatic rings. The summed E-state index contributed by atoms with van der Waals surface area (Å²) in [5.74, 6) is 0.856. The van der Waals surface area contributed by atoms with Crippen molar-refractivity contribution in [3.63, 3.8) is 0 Å². The second-order valence-corrected chi connectivity index (χ2v) is 9.27. The maximum atomic E-state index is 12.4. The van der Waals surface area contributed by atoms with E-state index in [1.807, 2.05) is 19.1 Å². The fraction of sp³-hybridized carbons (Fsp3) is 0.409. The zero-order chi connectivity index (χ0) is 20.5. The molecular weight excluding hydrogens is 511 g/mol. The lowest BCUT2D eigenvalue weighted by molar-refractivity contribution is 0.593. The number of benzene rings is 2. The van der Waals surface area contributed by atoms with Crippen molar-refractivity contribution in [1.29, 1.82) is 0 Å². The van der Waals surface area contributed by atoms with Crippen LogP contribution in [0.15, 0.2) is 70.6 Å². The van der Waals surface area contributed by atoms with E-state index in [1.165, 1.54) is 5.69 Å². The molecule has 8 heteroatoms. The molecule has 2 aromatic carbocycles. The first-order chi connectivity index (χ1) is 14.1. The SMILES string of the molecule is CCNC(=NCCCS(=O)(=O)c1ccccc1)NC1CCN(c2ccccc2)C1.I. The number of hydrogen-bond donors (Lipinski definition) is 2. The lowest BCUT2D eigenvalue weighted by atomic mass is 10.3. The van der Waals surface area contributed by atoms with Crippen molar-refractivity contribution in [1.82, 2.24) is 10.6 Å². The van der Waals surface area contributed by atoms with Crippen LogP contribution in [0.3, 0.4) is 0 Å². The monoisotopic (exact) mass is 542 g/mol. The highest BCUT2D eigenvalue weighted by atomic mass is 127. The van der Waals surface area contributed by atoms with Gasteiger partial charge in [-0.3, -0.25) is 4.99 Å². The molecule has 1 saturated heterocycles. The molecule has 0 spiro atoms. The van der Waals surface area contributed by atoms with Gasteiger partial charge in [0, 0.05) is 37.9 Å². The minimum atomic E-state index is -3.25. The van der Waals surface area contributed by atoms with Crippen molar-refractivity contribution in [2.24, 2.45) is 4.99 Å². The summed E-state index contributed by atoms with van der Waals surface area (Å²) in [6.07, 6.45) is 1.54. The zero-order valence-corrected chi connectivity index (χ0v) is 20.5. The van der Waals surface area contributed by atoms with Crippen LogP contribution in [-0.4, -0.2) is 52.4 Å². The Balaban J connectivity index is 0.00000320. The molecule has 164 valence electrons. The van der Waals surface area contributed by atoms with Gasteiger partial charge in [-0.05, 0) is 44.0 Å². The Morgan fingerprint density at radius 1 is 1.10 bits per heavy atom. The summed E-state index contributed by atoms with van der Waals surface area (Å²) in [7, 11) is -3.25. The Kier molecular flexibility index (Phi) is 9.90. The average Bonchev–Trinajstić information content (AvgIpc) is 3.21. The minimum absolute atomic E-state index is 0. The fourth-order valence-electron chi connectivity index (χ4n) is 3.46. The molecule has 6 nitrogen and oxygen atoms in total. The third-order valence-electron chi connectivity index (χ3n) is 4.94. The van der Waals surface area contributed by atoms with Crippen molar-refractivity contribution < 1.29 is 8.42 Å². The van der Waals surface area contributed by atoms with E-state index < -0.39 is 9.84 Å². The van der Waals surface area contributed by atoms with Crippen LogP contribution in [-0.2, 0) is 9.84 Å². The summed E-state index contributed by atoms with van der Waals surface area (Å²) < 4.78 is 24.7. The highest BCUT2D eigenvalue weighted by Crippen LogP contribution is 2.19. The maximum absolute atomic E-state index is 12.4. The summed E-state index contributed by atoms with van der Waals surface area (Å²) in [6, 6.07) is 19.3. The maximum Gasteiger partial charge on any atom is 0.191 e. The molecule has 0 bridgehead atoms. The van der Waals surface area contributed by atoms with Crippen molar-refractivity contribution in [2.45, 2.75) is 30.7 Å². The molecule has 0 saturated carbocycles. The molecule has 1 heterocycles. The normalized spacial score (nSPS) is 16.8. The largest absolute Gasteiger partial charge is 0.369 e. The van der Waals surface area contributed by atoms with Gasteiger partial charge in [0.05, 0.1) is 10.6 Å². The van der Waals surface area contributed by atoms with Crippen LogP contribution in [0.5, 0.6) is 0 Å². The molecule has 1 aliphatic heterocycles. The smallest absolute Gasteiger partial charge is 0.191 e. The fourth-order valence-corrected chi connectivity index (χ4v) is 4.77. The number of nitrogens with zero attached hydrogens (tertiary/aromatic N) is 2. The van der Waals surface area contributed by atoms with Crippen LogP contribution in [0.1, 0.15) is 19.8 Å². The lowest BCUT2D eigenvalue weighted by Crippen LogP contribution is -2.44. The third kappa shape index (κ3) is 7.16.